The summed E-state index contributed by atoms with van der Waals surface area (Å²) in [6.45, 7) is -0.0755. The Morgan fingerprint density at radius 3 is 2.77 bits per heavy atom. The quantitative estimate of drug-likeness (QED) is 0.415. The van der Waals surface area contributed by atoms with E-state index in [2.05, 4.69) is 16.0 Å². The summed E-state index contributed by atoms with van der Waals surface area (Å²) in [5.74, 6) is -3.35. The van der Waals surface area contributed by atoms with Crippen LogP contribution in [-0.4, -0.2) is 42.4 Å². The molecular weight excluding hydrogens is 298 g/mol. The number of carbonyl (C=O) groups is 1. The number of carbonyl (C=O) groups excluding carboxylic acids is 1. The van der Waals surface area contributed by atoms with Gasteiger partial charge in [0.25, 0.3) is 11.6 Å². The number of nitrogens with zero attached hydrogens (tertiary/aromatic N) is 1. The Bertz CT molecular complexity index is 568. The van der Waals surface area contributed by atoms with Gasteiger partial charge in [0.05, 0.1) is 17.5 Å². The van der Waals surface area contributed by atoms with Crippen LogP contribution < -0.4 is 16.0 Å². The molecule has 0 spiro atoms. The lowest BCUT2D eigenvalue weighted by atomic mass is 10.2. The van der Waals surface area contributed by atoms with Crippen molar-refractivity contribution >= 4 is 17.3 Å². The van der Waals surface area contributed by atoms with E-state index in [-0.39, 0.29) is 18.8 Å². The lowest BCUT2D eigenvalue weighted by Crippen LogP contribution is -2.42. The van der Waals surface area contributed by atoms with Gasteiger partial charge in [-0.15, -0.1) is 0 Å². The molecule has 1 saturated heterocycles. The molecule has 3 N–H and O–H groups in total. The Labute approximate surface area is 125 Å². The Morgan fingerprint density at radius 2 is 2.14 bits per heavy atom. The van der Waals surface area contributed by atoms with Crippen LogP contribution in [0.2, 0.25) is 0 Å². The van der Waals surface area contributed by atoms with Crippen LogP contribution in [0.4, 0.5) is 20.2 Å². The number of nitro groups is 1. The van der Waals surface area contributed by atoms with Crippen molar-refractivity contribution in [1.29, 1.82) is 0 Å². The number of anilines is 1. The molecule has 1 heterocycles. The second-order valence-electron chi connectivity index (χ2n) is 4.99. The number of para-hydroxylation sites is 2. The molecule has 0 aliphatic carbocycles. The average molecular weight is 314 g/mol. The Hall–Kier alpha value is -2.29. The van der Waals surface area contributed by atoms with Crippen LogP contribution in [0.15, 0.2) is 24.3 Å². The van der Waals surface area contributed by atoms with E-state index < -0.39 is 35.8 Å². The third-order valence-corrected chi connectivity index (χ3v) is 3.27. The monoisotopic (exact) mass is 314 g/mol. The molecular formula is C13H16F2N4O3. The summed E-state index contributed by atoms with van der Waals surface area (Å²) in [6, 6.07) is 5.22. The molecule has 0 aromatic heterocycles. The predicted molar refractivity (Wildman–Crippen MR) is 76.0 cm³/mol. The van der Waals surface area contributed by atoms with Crippen LogP contribution in [0.25, 0.3) is 0 Å². The van der Waals surface area contributed by atoms with E-state index in [0.29, 0.717) is 5.69 Å². The Morgan fingerprint density at radius 1 is 1.41 bits per heavy atom. The van der Waals surface area contributed by atoms with Gasteiger partial charge in [-0.3, -0.25) is 20.2 Å². The fraction of sp³-hybridized carbons (Fsp3) is 0.462. The van der Waals surface area contributed by atoms with E-state index >= 15 is 0 Å². The maximum Gasteiger partial charge on any atom is 0.292 e. The van der Waals surface area contributed by atoms with E-state index in [1.54, 1.807) is 18.2 Å². The number of hydrogen-bond acceptors (Lipinski definition) is 5. The van der Waals surface area contributed by atoms with Crippen molar-refractivity contribution < 1.29 is 18.5 Å². The number of amides is 1. The molecule has 22 heavy (non-hydrogen) atoms. The molecule has 1 fully saturated rings. The molecule has 1 aromatic rings. The van der Waals surface area contributed by atoms with Gasteiger partial charge in [0, 0.05) is 25.6 Å². The minimum atomic E-state index is -2.86. The van der Waals surface area contributed by atoms with Crippen molar-refractivity contribution in [1.82, 2.24) is 10.6 Å². The Kier molecular flexibility index (Phi) is 4.86. The standard InChI is InChI=1S/C13H16F2N4O3/c14-13(15)7-10(18-8-13)12(20)17-6-5-16-9-3-1-2-4-11(9)19(21)22/h1-4,10,16,18H,5-8H2,(H,17,20). The van der Waals surface area contributed by atoms with Gasteiger partial charge in [0.1, 0.15) is 5.69 Å². The zero-order valence-electron chi connectivity index (χ0n) is 11.6. The maximum atomic E-state index is 13.0. The molecule has 1 amide bonds. The first-order valence-electron chi connectivity index (χ1n) is 6.75. The van der Waals surface area contributed by atoms with Gasteiger partial charge in [-0.05, 0) is 6.07 Å². The highest BCUT2D eigenvalue weighted by Gasteiger charge is 2.42. The largest absolute Gasteiger partial charge is 0.378 e. The van der Waals surface area contributed by atoms with Crippen molar-refractivity contribution in [2.24, 2.45) is 0 Å². The van der Waals surface area contributed by atoms with E-state index in [1.807, 2.05) is 0 Å². The molecule has 1 unspecified atom stereocenters. The van der Waals surface area contributed by atoms with E-state index in [0.717, 1.165) is 0 Å². The third kappa shape index (κ3) is 4.10. The predicted octanol–water partition coefficient (Wildman–Crippen LogP) is 1.12. The number of nitro benzene ring substituents is 1. The lowest BCUT2D eigenvalue weighted by molar-refractivity contribution is -0.384. The molecule has 1 aliphatic rings. The molecule has 1 aromatic carbocycles. The van der Waals surface area contributed by atoms with Gasteiger partial charge >= 0.3 is 0 Å². The van der Waals surface area contributed by atoms with Gasteiger partial charge in [0.15, 0.2) is 0 Å². The van der Waals surface area contributed by atoms with Crippen molar-refractivity contribution in [3.05, 3.63) is 34.4 Å². The fourth-order valence-corrected chi connectivity index (χ4v) is 2.19. The van der Waals surface area contributed by atoms with E-state index in [9.17, 15) is 23.7 Å². The summed E-state index contributed by atoms with van der Waals surface area (Å²) in [7, 11) is 0. The van der Waals surface area contributed by atoms with Crippen molar-refractivity contribution in [2.75, 3.05) is 25.0 Å². The lowest BCUT2D eigenvalue weighted by Gasteiger charge is -2.12. The summed E-state index contributed by atoms with van der Waals surface area (Å²) >= 11 is 0. The number of halogens is 2. The molecule has 2 rings (SSSR count). The fourth-order valence-electron chi connectivity index (χ4n) is 2.19. The van der Waals surface area contributed by atoms with Gasteiger partial charge < -0.3 is 10.6 Å². The van der Waals surface area contributed by atoms with Gasteiger partial charge in [-0.25, -0.2) is 8.78 Å². The SMILES string of the molecule is O=C(NCCNc1ccccc1[N+](=O)[O-])C1CC(F)(F)CN1. The zero-order chi connectivity index (χ0) is 16.2. The minimum absolute atomic E-state index is 0.0640. The third-order valence-electron chi connectivity index (χ3n) is 3.27. The number of alkyl halides is 2. The van der Waals surface area contributed by atoms with Gasteiger partial charge in [0.2, 0.25) is 5.91 Å². The van der Waals surface area contributed by atoms with Crippen molar-refractivity contribution in [3.63, 3.8) is 0 Å². The molecule has 7 nitrogen and oxygen atoms in total. The van der Waals surface area contributed by atoms with Gasteiger partial charge in [-0.1, -0.05) is 12.1 Å². The summed E-state index contributed by atoms with van der Waals surface area (Å²) in [4.78, 5) is 22.0. The van der Waals surface area contributed by atoms with Crippen LogP contribution in [0.3, 0.4) is 0 Å². The first kappa shape index (κ1) is 16.1. The van der Waals surface area contributed by atoms with Crippen LogP contribution in [0, 0.1) is 10.1 Å². The highest BCUT2D eigenvalue weighted by atomic mass is 19.3. The topological polar surface area (TPSA) is 96.3 Å². The summed E-state index contributed by atoms with van der Waals surface area (Å²) in [6.07, 6.45) is -0.517. The zero-order valence-corrected chi connectivity index (χ0v) is 11.6. The van der Waals surface area contributed by atoms with Crippen LogP contribution in [0.1, 0.15) is 6.42 Å². The Balaban J connectivity index is 1.76. The molecule has 0 saturated carbocycles. The van der Waals surface area contributed by atoms with Crippen LogP contribution >= 0.6 is 0 Å². The molecule has 0 bridgehead atoms. The highest BCUT2D eigenvalue weighted by molar-refractivity contribution is 5.82. The molecule has 120 valence electrons. The molecule has 0 radical (unpaired) electrons. The second-order valence-corrected chi connectivity index (χ2v) is 4.99. The molecule has 9 heteroatoms. The highest BCUT2D eigenvalue weighted by Crippen LogP contribution is 2.25. The van der Waals surface area contributed by atoms with Crippen molar-refractivity contribution in [2.45, 2.75) is 18.4 Å². The summed E-state index contributed by atoms with van der Waals surface area (Å²) in [5, 5.41) is 18.6. The maximum absolute atomic E-state index is 13.0. The number of benzene rings is 1. The number of rotatable bonds is 6. The van der Waals surface area contributed by atoms with E-state index in [1.165, 1.54) is 6.07 Å². The van der Waals surface area contributed by atoms with Gasteiger partial charge in [-0.2, -0.15) is 0 Å². The van der Waals surface area contributed by atoms with Crippen molar-refractivity contribution in [3.8, 4) is 0 Å². The summed E-state index contributed by atoms with van der Waals surface area (Å²) in [5.41, 5.74) is 0.276. The first-order valence-corrected chi connectivity index (χ1v) is 6.75. The summed E-state index contributed by atoms with van der Waals surface area (Å²) < 4.78 is 25.9. The average Bonchev–Trinajstić information content (AvgIpc) is 2.84. The number of hydrogen-bond donors (Lipinski definition) is 3. The first-order chi connectivity index (χ1) is 10.4. The number of nitrogens with one attached hydrogen (secondary N) is 3. The normalized spacial score (nSPS) is 19.6. The van der Waals surface area contributed by atoms with Crippen LogP contribution in [0.5, 0.6) is 0 Å². The van der Waals surface area contributed by atoms with Crippen LogP contribution in [-0.2, 0) is 4.79 Å². The smallest absolute Gasteiger partial charge is 0.292 e. The second kappa shape index (κ2) is 6.65. The van der Waals surface area contributed by atoms with E-state index in [4.69, 9.17) is 0 Å². The minimum Gasteiger partial charge on any atom is -0.378 e. The molecule has 1 atom stereocenters. The molecule has 1 aliphatic heterocycles.